The molecule has 2 fully saturated rings. The van der Waals surface area contributed by atoms with E-state index in [1.807, 2.05) is 49.4 Å². The second-order valence-electron chi connectivity index (χ2n) is 8.08. The second-order valence-corrected chi connectivity index (χ2v) is 8.08. The Morgan fingerprint density at radius 3 is 2.35 bits per heavy atom. The van der Waals surface area contributed by atoms with Gasteiger partial charge in [0.15, 0.2) is 0 Å². The molecule has 0 spiro atoms. The fourth-order valence-corrected chi connectivity index (χ4v) is 4.25. The maximum absolute atomic E-state index is 13.0. The number of likely N-dealkylation sites (tertiary alicyclic amines) is 1. The summed E-state index contributed by atoms with van der Waals surface area (Å²) in [4.78, 5) is 29.9. The normalized spacial score (nSPS) is 21.6. The van der Waals surface area contributed by atoms with Crippen molar-refractivity contribution in [1.82, 2.24) is 9.80 Å². The van der Waals surface area contributed by atoms with E-state index in [2.05, 4.69) is 4.90 Å². The molecular formula is C25H28N2O4. The molecule has 6 nitrogen and oxygen atoms in total. The van der Waals surface area contributed by atoms with E-state index in [9.17, 15) is 14.7 Å². The zero-order valence-electron chi connectivity index (χ0n) is 17.8. The minimum atomic E-state index is -0.627. The van der Waals surface area contributed by atoms with E-state index in [0.29, 0.717) is 12.1 Å². The molecule has 0 aliphatic carbocycles. The van der Waals surface area contributed by atoms with Gasteiger partial charge in [-0.1, -0.05) is 60.2 Å². The molecule has 2 saturated heterocycles. The summed E-state index contributed by atoms with van der Waals surface area (Å²) >= 11 is 0. The fraction of sp³-hybridized carbons (Fsp3) is 0.360. The molecule has 0 unspecified atom stereocenters. The first-order valence-corrected chi connectivity index (χ1v) is 10.8. The van der Waals surface area contributed by atoms with Crippen molar-refractivity contribution in [3.05, 3.63) is 76.9 Å². The number of aryl methyl sites for hydroxylation is 1. The van der Waals surface area contributed by atoms with Crippen molar-refractivity contribution < 1.29 is 19.4 Å². The van der Waals surface area contributed by atoms with E-state index in [0.717, 1.165) is 50.4 Å². The summed E-state index contributed by atoms with van der Waals surface area (Å²) in [5.41, 5.74) is 2.57. The third kappa shape index (κ3) is 4.55. The molecule has 0 bridgehead atoms. The zero-order chi connectivity index (χ0) is 21.8. The number of hydrogen-bond acceptors (Lipinski definition) is 5. The van der Waals surface area contributed by atoms with Crippen LogP contribution in [0.4, 0.5) is 0 Å². The number of aliphatic hydroxyl groups excluding tert-OH is 1. The number of aliphatic hydroxyl groups is 1. The van der Waals surface area contributed by atoms with Crippen LogP contribution in [-0.4, -0.2) is 66.0 Å². The summed E-state index contributed by atoms with van der Waals surface area (Å²) in [6, 6.07) is 16.2. The van der Waals surface area contributed by atoms with E-state index in [4.69, 9.17) is 4.74 Å². The summed E-state index contributed by atoms with van der Waals surface area (Å²) in [5.74, 6) is -1.30. The van der Waals surface area contributed by atoms with Gasteiger partial charge in [-0.25, -0.2) is 0 Å². The molecule has 0 radical (unpaired) electrons. The molecule has 4 rings (SSSR count). The predicted octanol–water partition coefficient (Wildman–Crippen LogP) is 3.14. The van der Waals surface area contributed by atoms with Crippen LogP contribution in [0, 0.1) is 6.92 Å². The lowest BCUT2D eigenvalue weighted by molar-refractivity contribution is -0.140. The van der Waals surface area contributed by atoms with E-state index in [1.165, 1.54) is 0 Å². The molecule has 1 amide bonds. The molecule has 1 N–H and O–H groups in total. The first kappa shape index (κ1) is 21.3. The molecule has 6 heteroatoms. The van der Waals surface area contributed by atoms with Gasteiger partial charge in [0.2, 0.25) is 0 Å². The highest BCUT2D eigenvalue weighted by atomic mass is 16.5. The highest BCUT2D eigenvalue weighted by Crippen LogP contribution is 2.39. The van der Waals surface area contributed by atoms with Crippen LogP contribution in [0.5, 0.6) is 0 Å². The van der Waals surface area contributed by atoms with Gasteiger partial charge in [0, 0.05) is 31.7 Å². The number of ketones is 1. The Morgan fingerprint density at radius 2 is 1.68 bits per heavy atom. The van der Waals surface area contributed by atoms with Crippen molar-refractivity contribution in [2.24, 2.45) is 0 Å². The summed E-state index contributed by atoms with van der Waals surface area (Å²) < 4.78 is 5.39. The minimum Gasteiger partial charge on any atom is -0.507 e. The van der Waals surface area contributed by atoms with Crippen LogP contribution in [-0.2, 0) is 14.3 Å². The number of benzene rings is 2. The summed E-state index contributed by atoms with van der Waals surface area (Å²) in [6.07, 6.45) is 0.751. The maximum Gasteiger partial charge on any atom is 0.295 e. The lowest BCUT2D eigenvalue weighted by Gasteiger charge is -2.29. The van der Waals surface area contributed by atoms with E-state index >= 15 is 0 Å². The highest BCUT2D eigenvalue weighted by molar-refractivity contribution is 6.46. The molecule has 2 aliphatic rings. The van der Waals surface area contributed by atoms with Crippen molar-refractivity contribution >= 4 is 17.4 Å². The van der Waals surface area contributed by atoms with Crippen LogP contribution in [0.3, 0.4) is 0 Å². The van der Waals surface area contributed by atoms with Crippen LogP contribution in [0.25, 0.3) is 5.76 Å². The number of amides is 1. The largest absolute Gasteiger partial charge is 0.507 e. The SMILES string of the molecule is Cc1ccc(C(O)=C2C(=O)C(=O)N(CCCN3CCOCC3)[C@H]2c2ccccc2)cc1. The van der Waals surface area contributed by atoms with E-state index < -0.39 is 17.7 Å². The number of carbonyl (C=O) groups is 2. The smallest absolute Gasteiger partial charge is 0.295 e. The molecule has 162 valence electrons. The Kier molecular flexibility index (Phi) is 6.49. The second kappa shape index (κ2) is 9.45. The third-order valence-electron chi connectivity index (χ3n) is 5.96. The molecule has 0 saturated carbocycles. The lowest BCUT2D eigenvalue weighted by atomic mass is 9.95. The molecule has 0 aromatic heterocycles. The number of Topliss-reactive ketones (excluding diaryl/α,β-unsaturated/α-hetero) is 1. The standard InChI is InChI=1S/C25H28N2O4/c1-18-8-10-20(11-9-18)23(28)21-22(19-6-3-2-4-7-19)27(25(30)24(21)29)13-5-12-26-14-16-31-17-15-26/h2-4,6-11,22,28H,5,12-17H2,1H3/t22-/m0/s1. The quantitative estimate of drug-likeness (QED) is 0.442. The lowest BCUT2D eigenvalue weighted by Crippen LogP contribution is -2.38. The van der Waals surface area contributed by atoms with Gasteiger partial charge < -0.3 is 14.7 Å². The van der Waals surface area contributed by atoms with Gasteiger partial charge in [-0.05, 0) is 18.9 Å². The molecule has 2 aromatic rings. The number of ether oxygens (including phenoxy) is 1. The molecule has 2 aliphatic heterocycles. The number of carbonyl (C=O) groups excluding carboxylic acids is 2. The Hall–Kier alpha value is -2.96. The van der Waals surface area contributed by atoms with Crippen molar-refractivity contribution in [1.29, 1.82) is 0 Å². The average Bonchev–Trinajstić information content (AvgIpc) is 3.05. The summed E-state index contributed by atoms with van der Waals surface area (Å²) in [6.45, 7) is 6.47. The van der Waals surface area contributed by atoms with Gasteiger partial charge >= 0.3 is 0 Å². The van der Waals surface area contributed by atoms with Gasteiger partial charge in [0.1, 0.15) is 5.76 Å². The van der Waals surface area contributed by atoms with Gasteiger partial charge in [0.05, 0.1) is 24.8 Å². The Bertz CT molecular complexity index is 963. The Balaban J connectivity index is 1.64. The average molecular weight is 421 g/mol. The Labute approximate surface area is 182 Å². The topological polar surface area (TPSA) is 70.1 Å². The molecule has 31 heavy (non-hydrogen) atoms. The number of nitrogens with zero attached hydrogens (tertiary/aromatic N) is 2. The zero-order valence-corrected chi connectivity index (χ0v) is 17.8. The van der Waals surface area contributed by atoms with Crippen LogP contribution >= 0.6 is 0 Å². The van der Waals surface area contributed by atoms with Crippen molar-refractivity contribution in [2.75, 3.05) is 39.4 Å². The summed E-state index contributed by atoms with van der Waals surface area (Å²) in [7, 11) is 0. The van der Waals surface area contributed by atoms with E-state index in [-0.39, 0.29) is 11.3 Å². The molecule has 2 heterocycles. The highest BCUT2D eigenvalue weighted by Gasteiger charge is 2.45. The number of rotatable bonds is 6. The van der Waals surface area contributed by atoms with Gasteiger partial charge in [-0.2, -0.15) is 0 Å². The Morgan fingerprint density at radius 1 is 1.00 bits per heavy atom. The maximum atomic E-state index is 13.0. The van der Waals surface area contributed by atoms with Crippen LogP contribution in [0.1, 0.15) is 29.2 Å². The number of hydrogen-bond donors (Lipinski definition) is 1. The van der Waals surface area contributed by atoms with Crippen molar-refractivity contribution in [3.8, 4) is 0 Å². The van der Waals surface area contributed by atoms with Crippen LogP contribution in [0.15, 0.2) is 60.2 Å². The van der Waals surface area contributed by atoms with Crippen LogP contribution < -0.4 is 0 Å². The van der Waals surface area contributed by atoms with Crippen LogP contribution in [0.2, 0.25) is 0 Å². The number of morpholine rings is 1. The van der Waals surface area contributed by atoms with Gasteiger partial charge in [0.25, 0.3) is 11.7 Å². The van der Waals surface area contributed by atoms with E-state index in [1.54, 1.807) is 17.0 Å². The first-order chi connectivity index (χ1) is 15.1. The van der Waals surface area contributed by atoms with Gasteiger partial charge in [-0.15, -0.1) is 0 Å². The third-order valence-corrected chi connectivity index (χ3v) is 5.96. The predicted molar refractivity (Wildman–Crippen MR) is 119 cm³/mol. The van der Waals surface area contributed by atoms with Crippen molar-refractivity contribution in [3.63, 3.8) is 0 Å². The fourth-order valence-electron chi connectivity index (χ4n) is 4.25. The van der Waals surface area contributed by atoms with Gasteiger partial charge in [-0.3, -0.25) is 14.5 Å². The first-order valence-electron chi connectivity index (χ1n) is 10.8. The minimum absolute atomic E-state index is 0.122. The monoisotopic (exact) mass is 420 g/mol. The molecule has 1 atom stereocenters. The molecular weight excluding hydrogens is 392 g/mol. The summed E-state index contributed by atoms with van der Waals surface area (Å²) in [5, 5.41) is 11.0. The molecule has 2 aromatic carbocycles. The van der Waals surface area contributed by atoms with Crippen molar-refractivity contribution in [2.45, 2.75) is 19.4 Å².